The van der Waals surface area contributed by atoms with Crippen molar-refractivity contribution >= 4 is 24.7 Å². The van der Waals surface area contributed by atoms with Crippen LogP contribution in [-0.4, -0.2) is 31.4 Å². The van der Waals surface area contributed by atoms with E-state index in [2.05, 4.69) is 13.8 Å². The molecule has 0 spiro atoms. The smallest absolute Gasteiger partial charge is 0.306 e. The minimum absolute atomic E-state index is 0.0171. The van der Waals surface area contributed by atoms with E-state index >= 15 is 0 Å². The van der Waals surface area contributed by atoms with Gasteiger partial charge in [0, 0.05) is 12.3 Å². The first-order valence-corrected chi connectivity index (χ1v) is 12.4. The molecule has 154 valence electrons. The van der Waals surface area contributed by atoms with Crippen LogP contribution >= 0.6 is 0 Å². The number of carbonyl (C=O) groups excluding carboxylic acids is 1. The number of alkyl halides is 1. The third-order valence-corrected chi connectivity index (χ3v) is 11.6. The Bertz CT molecular complexity index is 815. The molecule has 2 fully saturated rings. The lowest BCUT2D eigenvalue weighted by Gasteiger charge is -2.42. The summed E-state index contributed by atoms with van der Waals surface area (Å²) in [4.78, 5) is 23.9. The number of fused-ring (bicyclic) bond motifs is 1. The summed E-state index contributed by atoms with van der Waals surface area (Å²) >= 11 is 0. The van der Waals surface area contributed by atoms with Crippen molar-refractivity contribution in [2.45, 2.75) is 56.8 Å². The summed E-state index contributed by atoms with van der Waals surface area (Å²) in [5.74, 6) is -0.386. The average Bonchev–Trinajstić information content (AvgIpc) is 3.21. The van der Waals surface area contributed by atoms with E-state index in [-0.39, 0.29) is 23.9 Å². The summed E-state index contributed by atoms with van der Waals surface area (Å²) in [6.45, 7) is 4.21. The van der Waals surface area contributed by atoms with Gasteiger partial charge in [-0.3, -0.25) is 4.79 Å². The summed E-state index contributed by atoms with van der Waals surface area (Å²) in [5, 5.41) is 1.53. The van der Waals surface area contributed by atoms with Crippen LogP contribution in [0.25, 0.3) is 0 Å². The largest absolute Gasteiger partial charge is 0.462 e. The van der Waals surface area contributed by atoms with Crippen molar-refractivity contribution in [3.8, 4) is 0 Å². The zero-order valence-electron chi connectivity index (χ0n) is 17.1. The molecule has 2 aromatic carbocycles. The van der Waals surface area contributed by atoms with Gasteiger partial charge >= 0.3 is 5.97 Å². The number of carbonyl (C=O) groups is 1. The highest BCUT2D eigenvalue weighted by molar-refractivity contribution is 6.98. The molecule has 29 heavy (non-hydrogen) atoms. The summed E-state index contributed by atoms with van der Waals surface area (Å²) in [7, 11) is -3.09. The van der Waals surface area contributed by atoms with Crippen LogP contribution in [0.1, 0.15) is 39.5 Å². The molecule has 2 aliphatic rings. The summed E-state index contributed by atoms with van der Waals surface area (Å²) in [5.41, 5.74) is 0. The molecule has 4 atom stereocenters. The molecule has 0 unspecified atom stereocenters. The molecule has 4 rings (SSSR count). The molecule has 0 radical (unpaired) electrons. The third-order valence-electron chi connectivity index (χ3n) is 7.10. The molecule has 5 heteroatoms. The Morgan fingerprint density at radius 1 is 1.07 bits per heavy atom. The molecule has 0 aromatic heterocycles. The van der Waals surface area contributed by atoms with Gasteiger partial charge in [-0.1, -0.05) is 74.5 Å². The summed E-state index contributed by atoms with van der Waals surface area (Å²) < 4.78 is 20.0. The molecule has 1 saturated carbocycles. The van der Waals surface area contributed by atoms with Crippen LogP contribution in [0.2, 0.25) is 5.04 Å². The fraction of sp³-hybridized carbons (Fsp3) is 0.458. The number of ether oxygens (including phenoxy) is 1. The minimum atomic E-state index is -3.09. The van der Waals surface area contributed by atoms with Crippen LogP contribution in [0.4, 0.5) is 4.39 Å². The topological polar surface area (TPSA) is 46.5 Å². The van der Waals surface area contributed by atoms with E-state index in [0.29, 0.717) is 25.7 Å². The van der Waals surface area contributed by atoms with Gasteiger partial charge in [0.2, 0.25) is 0 Å². The highest BCUT2D eigenvalue weighted by Crippen LogP contribution is 2.48. The van der Waals surface area contributed by atoms with E-state index in [1.54, 1.807) is 0 Å². The first-order chi connectivity index (χ1) is 13.8. The van der Waals surface area contributed by atoms with E-state index in [4.69, 9.17) is 4.74 Å². The number of hydrogen-bond donors (Lipinski definition) is 1. The zero-order chi connectivity index (χ0) is 20.6. The van der Waals surface area contributed by atoms with Crippen LogP contribution in [0.15, 0.2) is 60.7 Å². The van der Waals surface area contributed by atoms with Crippen molar-refractivity contribution in [3.05, 3.63) is 60.7 Å². The van der Waals surface area contributed by atoms with E-state index in [1.165, 1.54) is 0 Å². The molecular weight excluding hydrogens is 383 g/mol. The molecule has 0 amide bonds. The lowest BCUT2D eigenvalue weighted by Crippen LogP contribution is -2.65. The van der Waals surface area contributed by atoms with Gasteiger partial charge < -0.3 is 9.53 Å². The fourth-order valence-electron chi connectivity index (χ4n) is 5.35. The highest BCUT2D eigenvalue weighted by atomic mass is 28.4. The third kappa shape index (κ3) is 3.55. The second kappa shape index (κ2) is 7.69. The van der Waals surface area contributed by atoms with E-state index in [0.717, 1.165) is 10.4 Å². The van der Waals surface area contributed by atoms with Crippen molar-refractivity contribution in [2.24, 2.45) is 11.8 Å². The van der Waals surface area contributed by atoms with Gasteiger partial charge in [0.15, 0.2) is 0 Å². The van der Waals surface area contributed by atoms with Crippen molar-refractivity contribution in [2.75, 3.05) is 0 Å². The highest BCUT2D eigenvalue weighted by Gasteiger charge is 2.53. The first-order valence-electron chi connectivity index (χ1n) is 10.5. The van der Waals surface area contributed by atoms with Gasteiger partial charge in [-0.05, 0) is 34.2 Å². The van der Waals surface area contributed by atoms with E-state index in [9.17, 15) is 14.0 Å². The molecule has 1 N–H and O–H groups in total. The molecule has 3 nitrogen and oxygen atoms in total. The number of benzene rings is 2. The van der Waals surface area contributed by atoms with Crippen LogP contribution in [0, 0.1) is 11.8 Å². The average molecular weight is 413 g/mol. The van der Waals surface area contributed by atoms with E-state index < -0.39 is 19.5 Å². The number of hydrogen-bond acceptors (Lipinski definition) is 3. The summed E-state index contributed by atoms with van der Waals surface area (Å²) in [6, 6.07) is 19.8. The first kappa shape index (κ1) is 20.3. The van der Waals surface area contributed by atoms with Gasteiger partial charge in [0.1, 0.15) is 12.3 Å². The Balaban J connectivity index is 1.61. The Hall–Kier alpha value is -1.98. The quantitative estimate of drug-likeness (QED) is 0.583. The monoisotopic (exact) mass is 412 g/mol. The molecule has 0 bridgehead atoms. The lowest BCUT2D eigenvalue weighted by atomic mass is 9.86. The Morgan fingerprint density at radius 2 is 1.62 bits per heavy atom. The van der Waals surface area contributed by atoms with Crippen molar-refractivity contribution in [1.82, 2.24) is 0 Å². The van der Waals surface area contributed by atoms with Gasteiger partial charge in [-0.2, -0.15) is 0 Å². The van der Waals surface area contributed by atoms with Crippen LogP contribution < -0.4 is 10.4 Å². The van der Waals surface area contributed by atoms with Crippen LogP contribution in [0.5, 0.6) is 0 Å². The molecule has 1 aliphatic carbocycles. The number of halogens is 1. The Labute approximate surface area is 173 Å². The second-order valence-corrected chi connectivity index (χ2v) is 13.1. The molecule has 2 aromatic rings. The second-order valence-electron chi connectivity index (χ2n) is 9.18. The van der Waals surface area contributed by atoms with Crippen LogP contribution in [-0.2, 0) is 9.53 Å². The molecule has 1 aliphatic heterocycles. The lowest BCUT2D eigenvalue weighted by molar-refractivity contribution is -0.141. The number of rotatable bonds is 6. The normalized spacial score (nSPS) is 27.0. The maximum Gasteiger partial charge on any atom is 0.306 e. The van der Waals surface area contributed by atoms with Gasteiger partial charge in [-0.25, -0.2) is 4.39 Å². The van der Waals surface area contributed by atoms with Crippen molar-refractivity contribution in [1.29, 1.82) is 0 Å². The van der Waals surface area contributed by atoms with Crippen molar-refractivity contribution in [3.63, 3.8) is 0 Å². The number of esters is 1. The van der Waals surface area contributed by atoms with Gasteiger partial charge in [0.25, 0.3) is 8.32 Å². The van der Waals surface area contributed by atoms with Gasteiger partial charge in [0.05, 0.1) is 6.42 Å². The van der Waals surface area contributed by atoms with Gasteiger partial charge in [-0.15, -0.1) is 0 Å². The molecule has 1 heterocycles. The fourth-order valence-corrected chi connectivity index (χ4v) is 9.11. The maximum absolute atomic E-state index is 14.7. The minimum Gasteiger partial charge on any atom is -0.462 e. The van der Waals surface area contributed by atoms with Crippen LogP contribution in [0.3, 0.4) is 0 Å². The maximum atomic E-state index is 14.7. The Morgan fingerprint density at radius 3 is 2.17 bits per heavy atom. The zero-order valence-corrected chi connectivity index (χ0v) is 18.1. The van der Waals surface area contributed by atoms with Crippen molar-refractivity contribution < 1.29 is 18.7 Å². The predicted molar refractivity (Wildman–Crippen MR) is 114 cm³/mol. The SMILES string of the molecule is CC(C)(CC[C@@H]1[C@H]2CC(=O)O[C@H]2C[C@@H]1F)[Si](O)(c1ccccc1)c1ccccc1. The Kier molecular flexibility index (Phi) is 5.38. The summed E-state index contributed by atoms with van der Waals surface area (Å²) in [6.07, 6.45) is 0.806. The molecule has 1 saturated heterocycles. The van der Waals surface area contributed by atoms with E-state index in [1.807, 2.05) is 60.7 Å². The predicted octanol–water partition coefficient (Wildman–Crippen LogP) is 3.59. The molecular formula is C24H29FO3Si. The standard InChI is InChI=1S/C24H29FO3Si/c1-24(2,14-13-19-20-15-23(26)28-22(20)16-21(19)25)29(27,17-9-5-3-6-10-17)18-11-7-4-8-12-18/h3-12,19-22,27H,13-16H2,1-2H3/t19-,20-,21+,22+/m1/s1.